The molecule has 1 heterocycles. The molecular weight excluding hydrogens is 504 g/mol. The summed E-state index contributed by atoms with van der Waals surface area (Å²) < 4.78 is 46.6. The molecular formula is C29H28N2O4S2. The molecule has 1 aliphatic rings. The van der Waals surface area contributed by atoms with Gasteiger partial charge in [-0.1, -0.05) is 84.4 Å². The van der Waals surface area contributed by atoms with Gasteiger partial charge >= 0.3 is 0 Å². The van der Waals surface area contributed by atoms with Crippen molar-refractivity contribution in [1.29, 1.82) is 0 Å². The summed E-state index contributed by atoms with van der Waals surface area (Å²) in [5, 5.41) is 0.944. The summed E-state index contributed by atoms with van der Waals surface area (Å²) in [5.74, 6) is 0. The molecule has 37 heavy (non-hydrogen) atoms. The van der Waals surface area contributed by atoms with Gasteiger partial charge in [0.2, 0.25) is 0 Å². The molecule has 1 saturated heterocycles. The zero-order valence-electron chi connectivity index (χ0n) is 20.5. The van der Waals surface area contributed by atoms with Gasteiger partial charge in [0, 0.05) is 4.90 Å². The molecule has 0 saturated carbocycles. The van der Waals surface area contributed by atoms with Gasteiger partial charge < -0.3 is 0 Å². The van der Waals surface area contributed by atoms with Crippen LogP contribution >= 0.6 is 0 Å². The quantitative estimate of drug-likeness (QED) is 0.297. The second kappa shape index (κ2) is 10.1. The Hall–Kier alpha value is -3.46. The van der Waals surface area contributed by atoms with Crippen molar-refractivity contribution in [1.82, 2.24) is 0 Å². The molecule has 8 heteroatoms. The lowest BCUT2D eigenvalue weighted by Crippen LogP contribution is -2.35. The van der Waals surface area contributed by atoms with E-state index in [1.807, 2.05) is 74.5 Å². The van der Waals surface area contributed by atoms with E-state index in [2.05, 4.69) is 3.77 Å². The highest BCUT2D eigenvalue weighted by molar-refractivity contribution is 8.03. The molecule has 1 fully saturated rings. The molecule has 4 atom stereocenters. The molecule has 5 rings (SSSR count). The van der Waals surface area contributed by atoms with Crippen LogP contribution in [0, 0.1) is 6.92 Å². The SMILES string of the molecule is Cc1ccc(S(=O)(=O)N=S(=O)(c2ccccc2)[C@H]2[C@H](C)ON(c3ccccc3)[C@@H]2c2ccccc2)cc1. The highest BCUT2D eigenvalue weighted by atomic mass is 32.3. The maximum absolute atomic E-state index is 15.2. The van der Waals surface area contributed by atoms with Gasteiger partial charge in [-0.3, -0.25) is 4.84 Å². The second-order valence-electron chi connectivity index (χ2n) is 9.04. The Morgan fingerprint density at radius 2 is 1.24 bits per heavy atom. The Bertz CT molecular complexity index is 1580. The van der Waals surface area contributed by atoms with Crippen molar-refractivity contribution in [3.05, 3.63) is 126 Å². The molecule has 0 aliphatic carbocycles. The van der Waals surface area contributed by atoms with Crippen LogP contribution in [0.25, 0.3) is 0 Å². The van der Waals surface area contributed by atoms with Crippen LogP contribution in [-0.4, -0.2) is 24.0 Å². The summed E-state index contributed by atoms with van der Waals surface area (Å²) in [7, 11) is -7.84. The normalized spacial score (nSPS) is 21.4. The monoisotopic (exact) mass is 532 g/mol. The van der Waals surface area contributed by atoms with E-state index in [1.165, 1.54) is 12.1 Å². The summed E-state index contributed by atoms with van der Waals surface area (Å²) in [6, 6.07) is 33.6. The van der Waals surface area contributed by atoms with Gasteiger partial charge in [0.25, 0.3) is 10.0 Å². The summed E-state index contributed by atoms with van der Waals surface area (Å²) in [4.78, 5) is 6.68. The van der Waals surface area contributed by atoms with Crippen LogP contribution in [0.15, 0.2) is 129 Å². The van der Waals surface area contributed by atoms with Crippen molar-refractivity contribution in [2.75, 3.05) is 5.06 Å². The molecule has 0 N–H and O–H groups in total. The second-order valence-corrected chi connectivity index (χ2v) is 13.2. The number of para-hydroxylation sites is 1. The first-order valence-electron chi connectivity index (χ1n) is 12.0. The van der Waals surface area contributed by atoms with Crippen LogP contribution in [0.1, 0.15) is 24.1 Å². The number of hydrogen-bond donors (Lipinski definition) is 0. The van der Waals surface area contributed by atoms with Crippen molar-refractivity contribution in [2.24, 2.45) is 3.77 Å². The molecule has 0 spiro atoms. The van der Waals surface area contributed by atoms with E-state index in [-0.39, 0.29) is 4.90 Å². The summed E-state index contributed by atoms with van der Waals surface area (Å²) in [6.45, 7) is 3.70. The zero-order valence-corrected chi connectivity index (χ0v) is 22.2. The van der Waals surface area contributed by atoms with Gasteiger partial charge in [0.15, 0.2) is 0 Å². The van der Waals surface area contributed by atoms with E-state index < -0.39 is 37.1 Å². The fraction of sp³-hybridized carbons (Fsp3) is 0.172. The zero-order chi connectivity index (χ0) is 26.0. The number of rotatable bonds is 6. The van der Waals surface area contributed by atoms with Crippen LogP contribution in [0.4, 0.5) is 5.69 Å². The molecule has 0 aromatic heterocycles. The van der Waals surface area contributed by atoms with E-state index in [4.69, 9.17) is 4.84 Å². The van der Waals surface area contributed by atoms with Gasteiger partial charge in [-0.05, 0) is 55.8 Å². The fourth-order valence-corrected chi connectivity index (χ4v) is 9.45. The molecule has 1 unspecified atom stereocenters. The Morgan fingerprint density at radius 3 is 1.84 bits per heavy atom. The highest BCUT2D eigenvalue weighted by Crippen LogP contribution is 2.44. The maximum Gasteiger partial charge on any atom is 0.290 e. The third-order valence-electron chi connectivity index (χ3n) is 6.44. The minimum Gasteiger partial charge on any atom is -0.268 e. The third kappa shape index (κ3) is 4.92. The number of hydroxylamine groups is 1. The molecule has 0 amide bonds. The lowest BCUT2D eigenvalue weighted by molar-refractivity contribution is 0.0968. The first-order chi connectivity index (χ1) is 17.8. The standard InChI is InChI=1S/C29H28N2O4S2/c1-22-18-20-27(21-19-22)37(33,34)30-36(32,26-16-10-5-11-17-26)29-23(2)35-31(25-14-8-4-9-15-25)28(29)24-12-6-3-7-13-24/h3-21,23,28-29H,1-2H3/t23-,28+,29-,36?/m0/s1. The smallest absolute Gasteiger partial charge is 0.268 e. The number of sulfonamides is 1. The first kappa shape index (κ1) is 25.2. The lowest BCUT2D eigenvalue weighted by atomic mass is 10.0. The van der Waals surface area contributed by atoms with Crippen molar-refractivity contribution >= 4 is 25.4 Å². The van der Waals surface area contributed by atoms with Crippen LogP contribution < -0.4 is 5.06 Å². The van der Waals surface area contributed by atoms with Crippen LogP contribution in [0.5, 0.6) is 0 Å². The Kier molecular flexibility index (Phi) is 6.90. The fourth-order valence-electron chi connectivity index (χ4n) is 4.67. The van der Waals surface area contributed by atoms with Crippen molar-refractivity contribution in [3.63, 3.8) is 0 Å². The van der Waals surface area contributed by atoms with Crippen molar-refractivity contribution in [2.45, 2.75) is 41.0 Å². The van der Waals surface area contributed by atoms with Crippen LogP contribution in [-0.2, 0) is 24.6 Å². The molecule has 190 valence electrons. The average Bonchev–Trinajstić information content (AvgIpc) is 3.28. The Morgan fingerprint density at radius 1 is 0.703 bits per heavy atom. The van der Waals surface area contributed by atoms with Gasteiger partial charge in [-0.2, -0.15) is 8.42 Å². The minimum absolute atomic E-state index is 0.00417. The summed E-state index contributed by atoms with van der Waals surface area (Å²) >= 11 is 0. The van der Waals surface area contributed by atoms with E-state index in [1.54, 1.807) is 47.5 Å². The maximum atomic E-state index is 15.2. The number of benzene rings is 4. The molecule has 0 bridgehead atoms. The molecule has 0 radical (unpaired) electrons. The van der Waals surface area contributed by atoms with E-state index in [0.29, 0.717) is 4.90 Å². The van der Waals surface area contributed by atoms with Gasteiger partial charge in [-0.15, -0.1) is 3.77 Å². The van der Waals surface area contributed by atoms with Crippen molar-refractivity contribution in [3.8, 4) is 0 Å². The minimum atomic E-state index is -4.26. The summed E-state index contributed by atoms with van der Waals surface area (Å²) in [6.07, 6.45) is -0.602. The number of nitrogens with zero attached hydrogens (tertiary/aromatic N) is 2. The van der Waals surface area contributed by atoms with Crippen molar-refractivity contribution < 1.29 is 17.5 Å². The van der Waals surface area contributed by atoms with Gasteiger partial charge in [-0.25, -0.2) is 9.27 Å². The molecule has 4 aromatic carbocycles. The predicted octanol–water partition coefficient (Wildman–Crippen LogP) is 6.16. The number of aryl methyl sites for hydroxylation is 1. The average molecular weight is 533 g/mol. The highest BCUT2D eigenvalue weighted by Gasteiger charge is 2.49. The first-order valence-corrected chi connectivity index (χ1v) is 15.0. The molecule has 4 aromatic rings. The van der Waals surface area contributed by atoms with E-state index in [0.717, 1.165) is 16.8 Å². The largest absolute Gasteiger partial charge is 0.290 e. The van der Waals surface area contributed by atoms with Gasteiger partial charge in [0.1, 0.15) is 11.4 Å². The summed E-state index contributed by atoms with van der Waals surface area (Å²) in [5.41, 5.74) is 2.55. The van der Waals surface area contributed by atoms with Crippen LogP contribution in [0.3, 0.4) is 0 Å². The Labute approximate surface area is 218 Å². The number of hydrogen-bond acceptors (Lipinski definition) is 5. The van der Waals surface area contributed by atoms with Crippen LogP contribution in [0.2, 0.25) is 0 Å². The van der Waals surface area contributed by atoms with Gasteiger partial charge in [0.05, 0.1) is 26.4 Å². The third-order valence-corrected chi connectivity index (χ3v) is 11.3. The Balaban J connectivity index is 1.76. The lowest BCUT2D eigenvalue weighted by Gasteiger charge is -2.29. The predicted molar refractivity (Wildman–Crippen MR) is 146 cm³/mol. The number of anilines is 1. The molecule has 6 nitrogen and oxygen atoms in total. The van der Waals surface area contributed by atoms with E-state index >= 15 is 4.21 Å². The van der Waals surface area contributed by atoms with E-state index in [9.17, 15) is 8.42 Å². The molecule has 1 aliphatic heterocycles. The topological polar surface area (TPSA) is 76.0 Å².